The highest BCUT2D eigenvalue weighted by Crippen LogP contribution is 2.29. The van der Waals surface area contributed by atoms with Crippen LogP contribution >= 0.6 is 11.3 Å². The Morgan fingerprint density at radius 3 is 2.79 bits per heavy atom. The fraction of sp³-hybridized carbons (Fsp3) is 0.300. The quantitative estimate of drug-likeness (QED) is 0.735. The molecule has 4 rings (SSSR count). The first-order valence-corrected chi connectivity index (χ1v) is 9.91. The number of benzene rings is 1. The van der Waals surface area contributed by atoms with Crippen molar-refractivity contribution in [1.82, 2.24) is 9.55 Å². The van der Waals surface area contributed by atoms with Crippen LogP contribution in [0.2, 0.25) is 0 Å². The Bertz CT molecular complexity index is 1150. The first-order valence-electron chi connectivity index (χ1n) is 9.10. The molecule has 3 heterocycles. The summed E-state index contributed by atoms with van der Waals surface area (Å²) in [6.45, 7) is 4.35. The molecule has 7 nitrogen and oxygen atoms in total. The van der Waals surface area contributed by atoms with E-state index in [9.17, 15) is 14.4 Å². The minimum absolute atomic E-state index is 0.0517. The van der Waals surface area contributed by atoms with Gasteiger partial charge in [-0.15, -0.1) is 11.3 Å². The van der Waals surface area contributed by atoms with Gasteiger partial charge in [0.05, 0.1) is 23.1 Å². The third-order valence-electron chi connectivity index (χ3n) is 5.01. The van der Waals surface area contributed by atoms with E-state index in [0.717, 1.165) is 16.9 Å². The van der Waals surface area contributed by atoms with Gasteiger partial charge < -0.3 is 10.2 Å². The number of nitrogens with one attached hydrogen (secondary N) is 1. The summed E-state index contributed by atoms with van der Waals surface area (Å²) in [4.78, 5) is 45.2. The van der Waals surface area contributed by atoms with Gasteiger partial charge in [0.15, 0.2) is 0 Å². The van der Waals surface area contributed by atoms with Gasteiger partial charge in [-0.3, -0.25) is 19.0 Å². The Hall–Kier alpha value is -3.00. The van der Waals surface area contributed by atoms with Crippen LogP contribution in [0.5, 0.6) is 0 Å². The van der Waals surface area contributed by atoms with E-state index >= 15 is 0 Å². The molecule has 0 saturated carbocycles. The molecule has 1 aliphatic rings. The molecule has 1 fully saturated rings. The van der Waals surface area contributed by atoms with E-state index in [1.807, 2.05) is 26.0 Å². The summed E-state index contributed by atoms with van der Waals surface area (Å²) in [6, 6.07) is 7.21. The van der Waals surface area contributed by atoms with E-state index in [4.69, 9.17) is 0 Å². The highest BCUT2D eigenvalue weighted by Gasteiger charge is 2.24. The van der Waals surface area contributed by atoms with Gasteiger partial charge in [0.2, 0.25) is 11.8 Å². The number of para-hydroxylation sites is 2. The first-order chi connectivity index (χ1) is 13.5. The van der Waals surface area contributed by atoms with E-state index < -0.39 is 0 Å². The third kappa shape index (κ3) is 3.20. The molecule has 144 valence electrons. The minimum atomic E-state index is -0.341. The number of carbonyl (C=O) groups excluding carboxylic acids is 2. The van der Waals surface area contributed by atoms with Gasteiger partial charge in [0.25, 0.3) is 5.56 Å². The van der Waals surface area contributed by atoms with Crippen LogP contribution in [0, 0.1) is 13.8 Å². The number of carbonyl (C=O) groups is 2. The summed E-state index contributed by atoms with van der Waals surface area (Å²) in [5.74, 6) is -0.289. The predicted molar refractivity (Wildman–Crippen MR) is 110 cm³/mol. The van der Waals surface area contributed by atoms with Crippen LogP contribution in [-0.4, -0.2) is 27.9 Å². The molecular weight excluding hydrogens is 376 g/mol. The zero-order valence-electron chi connectivity index (χ0n) is 15.7. The van der Waals surface area contributed by atoms with Crippen LogP contribution in [-0.2, 0) is 16.1 Å². The van der Waals surface area contributed by atoms with Gasteiger partial charge in [-0.1, -0.05) is 12.1 Å². The fourth-order valence-corrected chi connectivity index (χ4v) is 4.43. The Morgan fingerprint density at radius 2 is 2.04 bits per heavy atom. The molecule has 1 aromatic carbocycles. The topological polar surface area (TPSA) is 84.3 Å². The summed E-state index contributed by atoms with van der Waals surface area (Å²) >= 11 is 1.48. The van der Waals surface area contributed by atoms with E-state index in [-0.39, 0.29) is 23.9 Å². The monoisotopic (exact) mass is 396 g/mol. The highest BCUT2D eigenvalue weighted by molar-refractivity contribution is 7.18. The van der Waals surface area contributed by atoms with Crippen molar-refractivity contribution in [3.63, 3.8) is 0 Å². The molecule has 1 saturated heterocycles. The molecule has 1 aliphatic heterocycles. The Labute approximate surface area is 165 Å². The lowest BCUT2D eigenvalue weighted by molar-refractivity contribution is -0.117. The Morgan fingerprint density at radius 1 is 1.25 bits per heavy atom. The lowest BCUT2D eigenvalue weighted by Gasteiger charge is -2.20. The first kappa shape index (κ1) is 18.4. The van der Waals surface area contributed by atoms with E-state index in [2.05, 4.69) is 10.3 Å². The van der Waals surface area contributed by atoms with Gasteiger partial charge in [-0.25, -0.2) is 4.98 Å². The number of anilines is 2. The van der Waals surface area contributed by atoms with Gasteiger partial charge in [-0.2, -0.15) is 0 Å². The van der Waals surface area contributed by atoms with Crippen molar-refractivity contribution in [2.75, 3.05) is 16.8 Å². The third-order valence-corrected chi connectivity index (χ3v) is 6.13. The largest absolute Gasteiger partial charge is 0.323 e. The maximum absolute atomic E-state index is 12.8. The average molecular weight is 396 g/mol. The zero-order chi connectivity index (χ0) is 19.8. The number of hydrogen-bond acceptors (Lipinski definition) is 5. The number of amides is 2. The smallest absolute Gasteiger partial charge is 0.262 e. The zero-order valence-corrected chi connectivity index (χ0v) is 16.5. The predicted octanol–water partition coefficient (Wildman–Crippen LogP) is 2.84. The Balaban J connectivity index is 1.59. The normalized spacial score (nSPS) is 14.1. The molecular formula is C20H20N4O3S. The van der Waals surface area contributed by atoms with Crippen LogP contribution in [0.25, 0.3) is 10.2 Å². The van der Waals surface area contributed by atoms with E-state index in [1.54, 1.807) is 17.0 Å². The number of fused-ring (bicyclic) bond motifs is 1. The molecule has 0 unspecified atom stereocenters. The summed E-state index contributed by atoms with van der Waals surface area (Å²) in [5, 5.41) is 3.40. The molecule has 0 radical (unpaired) electrons. The summed E-state index contributed by atoms with van der Waals surface area (Å²) in [7, 11) is 0. The fourth-order valence-electron chi connectivity index (χ4n) is 3.44. The van der Waals surface area contributed by atoms with Gasteiger partial charge in [-0.05, 0) is 38.0 Å². The second kappa shape index (κ2) is 7.20. The minimum Gasteiger partial charge on any atom is -0.323 e. The molecule has 0 spiro atoms. The van der Waals surface area contributed by atoms with E-state index in [0.29, 0.717) is 34.6 Å². The maximum atomic E-state index is 12.8. The molecule has 1 N–H and O–H groups in total. The van der Waals surface area contributed by atoms with E-state index in [1.165, 1.54) is 22.2 Å². The van der Waals surface area contributed by atoms with Crippen molar-refractivity contribution in [3.8, 4) is 0 Å². The molecule has 8 heteroatoms. The number of thiophene rings is 1. The van der Waals surface area contributed by atoms with Crippen molar-refractivity contribution in [3.05, 3.63) is 51.4 Å². The number of aromatic nitrogens is 2. The number of aryl methyl sites for hydroxylation is 2. The van der Waals surface area contributed by atoms with Gasteiger partial charge in [0, 0.05) is 17.8 Å². The summed E-state index contributed by atoms with van der Waals surface area (Å²) in [6.07, 6.45) is 2.74. The van der Waals surface area contributed by atoms with Crippen molar-refractivity contribution >= 4 is 44.7 Å². The molecule has 3 aromatic rings. The van der Waals surface area contributed by atoms with Crippen LogP contribution < -0.4 is 15.8 Å². The summed E-state index contributed by atoms with van der Waals surface area (Å²) in [5.41, 5.74) is 1.94. The van der Waals surface area contributed by atoms with Crippen LogP contribution in [0.1, 0.15) is 23.3 Å². The van der Waals surface area contributed by atoms with Crippen molar-refractivity contribution in [1.29, 1.82) is 0 Å². The second-order valence-electron chi connectivity index (χ2n) is 6.86. The van der Waals surface area contributed by atoms with Crippen LogP contribution in [0.15, 0.2) is 35.4 Å². The summed E-state index contributed by atoms with van der Waals surface area (Å²) < 4.78 is 1.32. The number of hydrogen-bond donors (Lipinski definition) is 1. The maximum Gasteiger partial charge on any atom is 0.262 e. The molecule has 0 aliphatic carbocycles. The standard InChI is InChI=1S/C20H20N4O3S/c1-12-13(2)28-19-18(12)20(27)23(11-21-19)10-16(25)22-14-6-3-4-7-15(14)24-9-5-8-17(24)26/h3-4,6-7,11H,5,8-10H2,1-2H3,(H,22,25). The van der Waals surface area contributed by atoms with Crippen molar-refractivity contribution in [2.24, 2.45) is 0 Å². The molecule has 0 atom stereocenters. The van der Waals surface area contributed by atoms with Gasteiger partial charge >= 0.3 is 0 Å². The lowest BCUT2D eigenvalue weighted by Crippen LogP contribution is -2.29. The van der Waals surface area contributed by atoms with Crippen LogP contribution in [0.3, 0.4) is 0 Å². The van der Waals surface area contributed by atoms with Crippen LogP contribution in [0.4, 0.5) is 11.4 Å². The number of nitrogens with zero attached hydrogens (tertiary/aromatic N) is 3. The van der Waals surface area contributed by atoms with Crippen molar-refractivity contribution < 1.29 is 9.59 Å². The molecule has 2 aromatic heterocycles. The molecule has 0 bridgehead atoms. The average Bonchev–Trinajstić information content (AvgIpc) is 3.21. The Kier molecular flexibility index (Phi) is 4.72. The lowest BCUT2D eigenvalue weighted by atomic mass is 10.2. The highest BCUT2D eigenvalue weighted by atomic mass is 32.1. The SMILES string of the molecule is Cc1sc2ncn(CC(=O)Nc3ccccc3N3CCCC3=O)c(=O)c2c1C. The van der Waals surface area contributed by atoms with Gasteiger partial charge in [0.1, 0.15) is 11.4 Å². The molecule has 2 amide bonds. The number of rotatable bonds is 4. The van der Waals surface area contributed by atoms with Crippen molar-refractivity contribution in [2.45, 2.75) is 33.2 Å². The second-order valence-corrected chi connectivity index (χ2v) is 8.06. The molecule has 28 heavy (non-hydrogen) atoms.